The van der Waals surface area contributed by atoms with Gasteiger partial charge in [0.25, 0.3) is 0 Å². The summed E-state index contributed by atoms with van der Waals surface area (Å²) < 4.78 is 9.06. The number of hydrogen-bond donors (Lipinski definition) is 0. The van der Waals surface area contributed by atoms with Gasteiger partial charge in [-0.15, -0.1) is 0 Å². The monoisotopic (exact) mass is 325 g/mol. The van der Waals surface area contributed by atoms with E-state index in [4.69, 9.17) is 4.43 Å². The fourth-order valence-corrected chi connectivity index (χ4v) is 6.88. The summed E-state index contributed by atoms with van der Waals surface area (Å²) in [5.74, 6) is 0. The van der Waals surface area contributed by atoms with E-state index < -0.39 is 8.48 Å². The van der Waals surface area contributed by atoms with Gasteiger partial charge in [-0.1, -0.05) is 67.3 Å². The first-order valence-electron chi connectivity index (χ1n) is 7.96. The highest BCUT2D eigenvalue weighted by molar-refractivity contribution is 6.95. The minimum absolute atomic E-state index is 0.240. The van der Waals surface area contributed by atoms with E-state index in [0.717, 1.165) is 5.56 Å². The van der Waals surface area contributed by atoms with Crippen molar-refractivity contribution in [3.63, 3.8) is 0 Å². The molecule has 0 amide bonds. The largest absolute Gasteiger partial charge is 0.391 e. The molecule has 2 aromatic carbocycles. The highest BCUT2D eigenvalue weighted by atomic mass is 28.4. The SMILES string of the molecule is C=Cc1cccc([Si](OC(C)(C)C)(c2ccccc2)N(C)C)c1. The quantitative estimate of drug-likeness (QED) is 0.782. The zero-order chi connectivity index (χ0) is 17.1. The van der Waals surface area contributed by atoms with E-state index in [0.29, 0.717) is 0 Å². The van der Waals surface area contributed by atoms with Gasteiger partial charge in [-0.2, -0.15) is 0 Å². The van der Waals surface area contributed by atoms with E-state index in [1.165, 1.54) is 10.4 Å². The minimum Gasteiger partial charge on any atom is -0.391 e. The first-order valence-corrected chi connectivity index (χ1v) is 9.81. The number of nitrogens with zero attached hydrogens (tertiary/aromatic N) is 1. The van der Waals surface area contributed by atoms with Crippen molar-refractivity contribution in [2.75, 3.05) is 14.1 Å². The standard InChI is InChI=1S/C20H27NOSi/c1-7-17-12-11-15-19(16-17)23(21(5)6,22-20(2,3)4)18-13-9-8-10-14-18/h7-16H,1H2,2-6H3. The van der Waals surface area contributed by atoms with Crippen LogP contribution in [0.15, 0.2) is 61.2 Å². The molecule has 0 heterocycles. The number of hydrogen-bond acceptors (Lipinski definition) is 2. The van der Waals surface area contributed by atoms with Gasteiger partial charge in [0.1, 0.15) is 0 Å². The van der Waals surface area contributed by atoms with Gasteiger partial charge in [0, 0.05) is 5.60 Å². The predicted octanol–water partition coefficient (Wildman–Crippen LogP) is 3.26. The average molecular weight is 326 g/mol. The second-order valence-corrected chi connectivity index (χ2v) is 10.5. The molecular formula is C20H27NOSi. The molecule has 0 aliphatic heterocycles. The van der Waals surface area contributed by atoms with Crippen LogP contribution in [0, 0.1) is 0 Å². The van der Waals surface area contributed by atoms with Crippen LogP contribution in [-0.4, -0.2) is 32.7 Å². The molecule has 0 aliphatic rings. The lowest BCUT2D eigenvalue weighted by Gasteiger charge is -2.42. The van der Waals surface area contributed by atoms with Crippen molar-refractivity contribution in [3.8, 4) is 0 Å². The zero-order valence-corrected chi connectivity index (χ0v) is 15.8. The number of benzene rings is 2. The first kappa shape index (κ1) is 17.7. The molecule has 0 spiro atoms. The maximum atomic E-state index is 6.79. The molecule has 0 fully saturated rings. The molecule has 0 bridgehead atoms. The predicted molar refractivity (Wildman–Crippen MR) is 103 cm³/mol. The van der Waals surface area contributed by atoms with Crippen LogP contribution in [0.4, 0.5) is 0 Å². The van der Waals surface area contributed by atoms with E-state index >= 15 is 0 Å². The van der Waals surface area contributed by atoms with Gasteiger partial charge < -0.3 is 8.99 Å². The van der Waals surface area contributed by atoms with Crippen LogP contribution in [0.5, 0.6) is 0 Å². The average Bonchev–Trinajstić information content (AvgIpc) is 2.52. The molecule has 0 aromatic heterocycles. The van der Waals surface area contributed by atoms with Gasteiger partial charge in [0.2, 0.25) is 0 Å². The zero-order valence-electron chi connectivity index (χ0n) is 14.8. The van der Waals surface area contributed by atoms with Gasteiger partial charge in [0.05, 0.1) is 0 Å². The van der Waals surface area contributed by atoms with Crippen molar-refractivity contribution in [1.82, 2.24) is 4.57 Å². The van der Waals surface area contributed by atoms with Crippen molar-refractivity contribution in [1.29, 1.82) is 0 Å². The van der Waals surface area contributed by atoms with E-state index in [2.05, 4.69) is 101 Å². The summed E-state index contributed by atoms with van der Waals surface area (Å²) >= 11 is 0. The van der Waals surface area contributed by atoms with Gasteiger partial charge in [-0.25, -0.2) is 0 Å². The van der Waals surface area contributed by atoms with E-state index in [1.54, 1.807) is 0 Å². The summed E-state index contributed by atoms with van der Waals surface area (Å²) in [4.78, 5) is 0. The lowest BCUT2D eigenvalue weighted by atomic mass is 10.2. The Balaban J connectivity index is 2.73. The molecule has 0 N–H and O–H groups in total. The Bertz CT molecular complexity index is 661. The van der Waals surface area contributed by atoms with Crippen molar-refractivity contribution < 1.29 is 4.43 Å². The normalized spacial score (nSPS) is 14.5. The Morgan fingerprint density at radius 2 is 1.57 bits per heavy atom. The van der Waals surface area contributed by atoms with Crippen molar-refractivity contribution in [2.45, 2.75) is 26.4 Å². The third-order valence-electron chi connectivity index (χ3n) is 3.76. The molecule has 3 heteroatoms. The van der Waals surface area contributed by atoms with Crippen LogP contribution in [0.1, 0.15) is 26.3 Å². The van der Waals surface area contributed by atoms with Crippen LogP contribution in [0.3, 0.4) is 0 Å². The summed E-state index contributed by atoms with van der Waals surface area (Å²) in [7, 11) is 1.71. The molecule has 2 nitrogen and oxygen atoms in total. The Hall–Kier alpha value is -1.68. The van der Waals surface area contributed by atoms with Gasteiger partial charge in [-0.3, -0.25) is 0 Å². The molecule has 0 saturated heterocycles. The lowest BCUT2D eigenvalue weighted by Crippen LogP contribution is -2.72. The highest BCUT2D eigenvalue weighted by Crippen LogP contribution is 2.20. The van der Waals surface area contributed by atoms with E-state index in [9.17, 15) is 0 Å². The van der Waals surface area contributed by atoms with Crippen LogP contribution in [0.25, 0.3) is 6.08 Å². The maximum Gasteiger partial charge on any atom is 0.338 e. The molecule has 0 saturated carbocycles. The lowest BCUT2D eigenvalue weighted by molar-refractivity contribution is 0.110. The van der Waals surface area contributed by atoms with Crippen LogP contribution >= 0.6 is 0 Å². The Morgan fingerprint density at radius 1 is 0.957 bits per heavy atom. The van der Waals surface area contributed by atoms with E-state index in [-0.39, 0.29) is 5.60 Å². The first-order chi connectivity index (χ1) is 10.8. The van der Waals surface area contributed by atoms with Gasteiger partial charge >= 0.3 is 8.48 Å². The van der Waals surface area contributed by atoms with E-state index in [1.807, 2.05) is 6.08 Å². The summed E-state index contributed by atoms with van der Waals surface area (Å²) in [6.45, 7) is 10.3. The van der Waals surface area contributed by atoms with Crippen molar-refractivity contribution in [2.24, 2.45) is 0 Å². The Labute approximate surface area is 141 Å². The second-order valence-electron chi connectivity index (χ2n) is 6.95. The van der Waals surface area contributed by atoms with Gasteiger partial charge in [0.15, 0.2) is 0 Å². The van der Waals surface area contributed by atoms with Crippen LogP contribution < -0.4 is 10.4 Å². The third kappa shape index (κ3) is 3.81. The molecule has 0 radical (unpaired) electrons. The van der Waals surface area contributed by atoms with Crippen molar-refractivity contribution >= 4 is 24.9 Å². The molecule has 23 heavy (non-hydrogen) atoms. The molecule has 2 rings (SSSR count). The Morgan fingerprint density at radius 3 is 2.09 bits per heavy atom. The number of rotatable bonds is 5. The highest BCUT2D eigenvalue weighted by Gasteiger charge is 2.46. The fraction of sp³-hybridized carbons (Fsp3) is 0.300. The molecule has 1 unspecified atom stereocenters. The molecule has 122 valence electrons. The van der Waals surface area contributed by atoms with Gasteiger partial charge in [-0.05, 0) is 50.8 Å². The van der Waals surface area contributed by atoms with Crippen LogP contribution in [0.2, 0.25) is 0 Å². The summed E-state index contributed by atoms with van der Waals surface area (Å²) in [5, 5.41) is 2.49. The topological polar surface area (TPSA) is 12.5 Å². The Kier molecular flexibility index (Phi) is 5.25. The second kappa shape index (κ2) is 6.83. The molecule has 0 aliphatic carbocycles. The molecular weight excluding hydrogens is 298 g/mol. The maximum absolute atomic E-state index is 6.79. The van der Waals surface area contributed by atoms with Crippen LogP contribution in [-0.2, 0) is 4.43 Å². The smallest absolute Gasteiger partial charge is 0.338 e. The van der Waals surface area contributed by atoms with Crippen molar-refractivity contribution in [3.05, 3.63) is 66.7 Å². The minimum atomic E-state index is -2.52. The molecule has 2 aromatic rings. The summed E-state index contributed by atoms with van der Waals surface area (Å²) in [6.07, 6.45) is 1.89. The third-order valence-corrected chi connectivity index (χ3v) is 8.14. The summed E-state index contributed by atoms with van der Waals surface area (Å²) in [6, 6.07) is 19.1. The summed E-state index contributed by atoms with van der Waals surface area (Å²) in [5.41, 5.74) is 0.880. The fourth-order valence-electron chi connectivity index (χ4n) is 2.88. The molecule has 1 atom stereocenters.